The third-order valence-electron chi connectivity index (χ3n) is 3.26. The summed E-state index contributed by atoms with van der Waals surface area (Å²) >= 11 is 15.1. The van der Waals surface area contributed by atoms with Crippen molar-refractivity contribution in [3.05, 3.63) is 39.5 Å². The minimum Gasteiger partial charge on any atom is -0.302 e. The molecule has 5 nitrogen and oxygen atoms in total. The first kappa shape index (κ1) is 16.7. The van der Waals surface area contributed by atoms with Gasteiger partial charge in [-0.25, -0.2) is 0 Å². The van der Waals surface area contributed by atoms with Crippen LogP contribution >= 0.6 is 46.5 Å². The van der Waals surface area contributed by atoms with Crippen LogP contribution in [-0.4, -0.2) is 24.4 Å². The Labute approximate surface area is 152 Å². The van der Waals surface area contributed by atoms with E-state index in [1.54, 1.807) is 17.8 Å². The third kappa shape index (κ3) is 3.52. The summed E-state index contributed by atoms with van der Waals surface area (Å²) in [5.74, 6) is 1.51. The largest absolute Gasteiger partial charge is 0.302 e. The quantitative estimate of drug-likeness (QED) is 0.594. The molecule has 1 aromatic carbocycles. The summed E-state index contributed by atoms with van der Waals surface area (Å²) in [6.07, 6.45) is 0. The molecule has 0 fully saturated rings. The van der Waals surface area contributed by atoms with Gasteiger partial charge in [0.15, 0.2) is 11.0 Å². The molecule has 9 heteroatoms. The van der Waals surface area contributed by atoms with Crippen LogP contribution in [0.25, 0.3) is 10.7 Å². The van der Waals surface area contributed by atoms with Gasteiger partial charge in [-0.15, -0.1) is 15.3 Å². The summed E-state index contributed by atoms with van der Waals surface area (Å²) in [6.45, 7) is 4.76. The second-order valence-electron chi connectivity index (χ2n) is 4.76. The molecule has 0 saturated heterocycles. The van der Waals surface area contributed by atoms with E-state index < -0.39 is 0 Å². The standard InChI is InChI=1S/C14H13Cl2N5S2/c1-3-21-13(12-8(2)17-20-23-12)18-19-14(21)22-7-9-4-5-10(15)6-11(9)16/h4-6H,3,7H2,1-2H3. The van der Waals surface area contributed by atoms with Crippen molar-refractivity contribution in [3.63, 3.8) is 0 Å². The highest BCUT2D eigenvalue weighted by Gasteiger charge is 2.17. The van der Waals surface area contributed by atoms with E-state index in [4.69, 9.17) is 23.2 Å². The van der Waals surface area contributed by atoms with Gasteiger partial charge in [0.2, 0.25) is 0 Å². The Bertz CT molecular complexity index is 830. The smallest absolute Gasteiger partial charge is 0.191 e. The number of nitrogens with zero attached hydrogens (tertiary/aromatic N) is 5. The number of thioether (sulfide) groups is 1. The highest BCUT2D eigenvalue weighted by atomic mass is 35.5. The lowest BCUT2D eigenvalue weighted by Crippen LogP contribution is -1.99. The lowest BCUT2D eigenvalue weighted by Gasteiger charge is -2.07. The highest BCUT2D eigenvalue weighted by molar-refractivity contribution is 7.98. The van der Waals surface area contributed by atoms with Gasteiger partial charge in [-0.05, 0) is 43.1 Å². The number of rotatable bonds is 5. The van der Waals surface area contributed by atoms with Crippen molar-refractivity contribution in [3.8, 4) is 10.7 Å². The van der Waals surface area contributed by atoms with Crippen LogP contribution in [0, 0.1) is 6.92 Å². The van der Waals surface area contributed by atoms with Crippen LogP contribution in [0.5, 0.6) is 0 Å². The third-order valence-corrected chi connectivity index (χ3v) is 5.69. The maximum atomic E-state index is 6.22. The predicted octanol–water partition coefficient (Wildman–Crippen LogP) is 4.72. The number of benzene rings is 1. The molecule has 23 heavy (non-hydrogen) atoms. The average molecular weight is 386 g/mol. The summed E-state index contributed by atoms with van der Waals surface area (Å²) < 4.78 is 6.04. The van der Waals surface area contributed by atoms with Crippen LogP contribution < -0.4 is 0 Å². The van der Waals surface area contributed by atoms with Gasteiger partial charge in [-0.3, -0.25) is 0 Å². The van der Waals surface area contributed by atoms with Crippen LogP contribution in [0.1, 0.15) is 18.2 Å². The van der Waals surface area contributed by atoms with Crippen molar-refractivity contribution in [2.24, 2.45) is 0 Å². The molecule has 0 aliphatic heterocycles. The van der Waals surface area contributed by atoms with E-state index in [1.165, 1.54) is 11.5 Å². The molecule has 3 rings (SSSR count). The lowest BCUT2D eigenvalue weighted by atomic mass is 10.2. The first-order chi connectivity index (χ1) is 11.1. The molecule has 0 unspecified atom stereocenters. The molecule has 3 aromatic rings. The van der Waals surface area contributed by atoms with Crippen molar-refractivity contribution in [2.45, 2.75) is 31.3 Å². The zero-order chi connectivity index (χ0) is 16.4. The van der Waals surface area contributed by atoms with Gasteiger partial charge in [0, 0.05) is 22.3 Å². The zero-order valence-corrected chi connectivity index (χ0v) is 15.6. The molecule has 0 amide bonds. The molecular weight excluding hydrogens is 373 g/mol. The molecule has 0 saturated carbocycles. The van der Waals surface area contributed by atoms with Gasteiger partial charge in [0.25, 0.3) is 0 Å². The minimum absolute atomic E-state index is 0.635. The van der Waals surface area contributed by atoms with Crippen molar-refractivity contribution in [1.29, 1.82) is 0 Å². The Kier molecular flexibility index (Phi) is 5.21. The Morgan fingerprint density at radius 1 is 1.22 bits per heavy atom. The molecule has 0 N–H and O–H groups in total. The first-order valence-corrected chi connectivity index (χ1v) is 9.41. The summed E-state index contributed by atoms with van der Waals surface area (Å²) in [5, 5.41) is 14.8. The Hall–Kier alpha value is -1.15. The molecule has 0 radical (unpaired) electrons. The summed E-state index contributed by atoms with van der Waals surface area (Å²) in [4.78, 5) is 0.954. The Morgan fingerprint density at radius 2 is 2.04 bits per heavy atom. The Balaban J connectivity index is 1.84. The lowest BCUT2D eigenvalue weighted by molar-refractivity contribution is 0.687. The number of hydrogen-bond donors (Lipinski definition) is 0. The van der Waals surface area contributed by atoms with Crippen LogP contribution in [0.4, 0.5) is 0 Å². The van der Waals surface area contributed by atoms with Crippen molar-refractivity contribution < 1.29 is 0 Å². The average Bonchev–Trinajstić information content (AvgIpc) is 3.11. The molecule has 2 aromatic heterocycles. The summed E-state index contributed by atoms with van der Waals surface area (Å²) in [7, 11) is 0. The van der Waals surface area contributed by atoms with E-state index in [0.717, 1.165) is 33.7 Å². The molecular formula is C14H13Cl2N5S2. The summed E-state index contributed by atoms with van der Waals surface area (Å²) in [5.41, 5.74) is 1.89. The fourth-order valence-electron chi connectivity index (χ4n) is 2.07. The maximum Gasteiger partial charge on any atom is 0.191 e. The van der Waals surface area contributed by atoms with Crippen molar-refractivity contribution in [1.82, 2.24) is 24.4 Å². The van der Waals surface area contributed by atoms with Gasteiger partial charge in [-0.2, -0.15) is 0 Å². The maximum absolute atomic E-state index is 6.22. The zero-order valence-electron chi connectivity index (χ0n) is 12.5. The van der Waals surface area contributed by atoms with E-state index in [2.05, 4.69) is 31.3 Å². The number of aryl methyl sites for hydroxylation is 1. The topological polar surface area (TPSA) is 56.5 Å². The van der Waals surface area contributed by atoms with E-state index in [0.29, 0.717) is 15.8 Å². The van der Waals surface area contributed by atoms with Crippen LogP contribution in [0.3, 0.4) is 0 Å². The van der Waals surface area contributed by atoms with Crippen molar-refractivity contribution >= 4 is 46.5 Å². The second kappa shape index (κ2) is 7.17. The van der Waals surface area contributed by atoms with Gasteiger partial charge in [-0.1, -0.05) is 45.5 Å². The Morgan fingerprint density at radius 3 is 2.70 bits per heavy atom. The molecule has 120 valence electrons. The van der Waals surface area contributed by atoms with E-state index in [1.807, 2.05) is 19.1 Å². The fraction of sp³-hybridized carbons (Fsp3) is 0.286. The normalized spacial score (nSPS) is 11.1. The van der Waals surface area contributed by atoms with Crippen LogP contribution in [0.15, 0.2) is 23.4 Å². The predicted molar refractivity (Wildman–Crippen MR) is 95.4 cm³/mol. The first-order valence-electron chi connectivity index (χ1n) is 6.89. The summed E-state index contributed by atoms with van der Waals surface area (Å²) in [6, 6.07) is 5.52. The number of aromatic nitrogens is 5. The van der Waals surface area contributed by atoms with Gasteiger partial charge in [0.1, 0.15) is 4.88 Å². The number of halogens is 2. The van der Waals surface area contributed by atoms with Crippen LogP contribution in [0.2, 0.25) is 10.0 Å². The van der Waals surface area contributed by atoms with Crippen LogP contribution in [-0.2, 0) is 12.3 Å². The SMILES string of the molecule is CCn1c(SCc2ccc(Cl)cc2Cl)nnc1-c1snnc1C. The molecule has 0 aliphatic rings. The molecule has 0 atom stereocenters. The van der Waals surface area contributed by atoms with Gasteiger partial charge < -0.3 is 4.57 Å². The highest BCUT2D eigenvalue weighted by Crippen LogP contribution is 2.31. The van der Waals surface area contributed by atoms with E-state index >= 15 is 0 Å². The molecule has 0 spiro atoms. The van der Waals surface area contributed by atoms with Gasteiger partial charge >= 0.3 is 0 Å². The van der Waals surface area contributed by atoms with E-state index in [-0.39, 0.29) is 0 Å². The monoisotopic (exact) mass is 385 g/mol. The van der Waals surface area contributed by atoms with Crippen molar-refractivity contribution in [2.75, 3.05) is 0 Å². The van der Waals surface area contributed by atoms with Gasteiger partial charge in [0.05, 0.1) is 5.69 Å². The minimum atomic E-state index is 0.635. The molecule has 0 bridgehead atoms. The second-order valence-corrected chi connectivity index (χ2v) is 7.30. The van der Waals surface area contributed by atoms with E-state index in [9.17, 15) is 0 Å². The molecule has 2 heterocycles. The fourth-order valence-corrected chi connectivity index (χ4v) is 4.28. The number of hydrogen-bond acceptors (Lipinski definition) is 6. The molecule has 0 aliphatic carbocycles.